The summed E-state index contributed by atoms with van der Waals surface area (Å²) in [5.74, 6) is 0.146. The van der Waals surface area contributed by atoms with Gasteiger partial charge in [-0.05, 0) is 44.1 Å². The summed E-state index contributed by atoms with van der Waals surface area (Å²) < 4.78 is 19.5. The molecule has 1 saturated heterocycles. The molecule has 0 aliphatic carbocycles. The fourth-order valence-electron chi connectivity index (χ4n) is 3.39. The number of carbonyl (C=O) groups excluding carboxylic acids is 1. The molecule has 0 spiro atoms. The summed E-state index contributed by atoms with van der Waals surface area (Å²) in [6.07, 6.45) is 2.26. The zero-order valence-corrected chi connectivity index (χ0v) is 15.9. The van der Waals surface area contributed by atoms with E-state index in [2.05, 4.69) is 15.5 Å². The van der Waals surface area contributed by atoms with Crippen LogP contribution < -0.4 is 15.4 Å². The number of halogens is 2. The molecule has 1 unspecified atom stereocenters. The molecule has 0 saturated carbocycles. The summed E-state index contributed by atoms with van der Waals surface area (Å²) in [6.45, 7) is 2.32. The lowest BCUT2D eigenvalue weighted by molar-refractivity contribution is 0.224. The Morgan fingerprint density at radius 3 is 2.70 bits per heavy atom. The molecular weight excluding hydrogens is 369 g/mol. The zero-order valence-electron chi connectivity index (χ0n) is 15.2. The second-order valence-electron chi connectivity index (χ2n) is 6.44. The Morgan fingerprint density at radius 1 is 1.22 bits per heavy atom. The lowest BCUT2D eigenvalue weighted by atomic mass is 10.0. The highest BCUT2D eigenvalue weighted by atomic mass is 35.5. The molecule has 2 aromatic rings. The maximum atomic E-state index is 14.0. The van der Waals surface area contributed by atoms with Gasteiger partial charge in [0.25, 0.3) is 0 Å². The smallest absolute Gasteiger partial charge is 0.319 e. The van der Waals surface area contributed by atoms with Crippen LogP contribution in [0.2, 0.25) is 5.02 Å². The van der Waals surface area contributed by atoms with Gasteiger partial charge in [-0.2, -0.15) is 0 Å². The second kappa shape index (κ2) is 9.06. The van der Waals surface area contributed by atoms with Gasteiger partial charge in [-0.1, -0.05) is 35.9 Å². The van der Waals surface area contributed by atoms with E-state index < -0.39 is 11.8 Å². The number of rotatable bonds is 6. The van der Waals surface area contributed by atoms with Crippen molar-refractivity contribution in [3.8, 4) is 5.75 Å². The number of methoxy groups -OCH3 is 1. The standard InChI is InChI=1S/C20H23ClFN3O2/c1-27-18-10-3-2-7-14(18)17(25-11-4-5-12-25)13-23-20(26)24-16-9-6-8-15(21)19(16)22/h2-3,6-10,17H,4-5,11-13H2,1H3,(H2,23,24,26). The Labute approximate surface area is 163 Å². The predicted molar refractivity (Wildman–Crippen MR) is 105 cm³/mol. The average Bonchev–Trinajstić information content (AvgIpc) is 3.20. The van der Waals surface area contributed by atoms with Crippen molar-refractivity contribution in [3.63, 3.8) is 0 Å². The minimum Gasteiger partial charge on any atom is -0.496 e. The number of urea groups is 1. The van der Waals surface area contributed by atoms with Gasteiger partial charge in [0.15, 0.2) is 5.82 Å². The number of nitrogens with one attached hydrogen (secondary N) is 2. The summed E-state index contributed by atoms with van der Waals surface area (Å²) in [7, 11) is 1.64. The highest BCUT2D eigenvalue weighted by Crippen LogP contribution is 2.31. The number of anilines is 1. The van der Waals surface area contributed by atoms with Crippen molar-refractivity contribution in [1.29, 1.82) is 0 Å². The number of carbonyl (C=O) groups is 1. The van der Waals surface area contributed by atoms with E-state index in [9.17, 15) is 9.18 Å². The van der Waals surface area contributed by atoms with Gasteiger partial charge in [0.1, 0.15) is 5.75 Å². The first kappa shape index (κ1) is 19.5. The van der Waals surface area contributed by atoms with Gasteiger partial charge >= 0.3 is 6.03 Å². The van der Waals surface area contributed by atoms with Crippen molar-refractivity contribution >= 4 is 23.3 Å². The molecule has 27 heavy (non-hydrogen) atoms. The van der Waals surface area contributed by atoms with Crippen molar-refractivity contribution in [1.82, 2.24) is 10.2 Å². The van der Waals surface area contributed by atoms with Crippen LogP contribution in [-0.4, -0.2) is 37.7 Å². The normalized spacial score (nSPS) is 15.4. The average molecular weight is 392 g/mol. The maximum absolute atomic E-state index is 14.0. The van der Waals surface area contributed by atoms with Gasteiger partial charge in [0.05, 0.1) is 23.9 Å². The van der Waals surface area contributed by atoms with Crippen LogP contribution in [0.4, 0.5) is 14.9 Å². The third kappa shape index (κ3) is 4.70. The number of amides is 2. The third-order valence-electron chi connectivity index (χ3n) is 4.74. The molecule has 0 radical (unpaired) electrons. The fourth-order valence-corrected chi connectivity index (χ4v) is 3.56. The predicted octanol–water partition coefficient (Wildman–Crippen LogP) is 4.45. The van der Waals surface area contributed by atoms with Gasteiger partial charge in [0.2, 0.25) is 0 Å². The van der Waals surface area contributed by atoms with Crippen molar-refractivity contribution in [2.45, 2.75) is 18.9 Å². The second-order valence-corrected chi connectivity index (χ2v) is 6.84. The van der Waals surface area contributed by atoms with Gasteiger partial charge in [0, 0.05) is 12.1 Å². The largest absolute Gasteiger partial charge is 0.496 e. The Balaban J connectivity index is 1.71. The van der Waals surface area contributed by atoms with E-state index in [0.717, 1.165) is 37.2 Å². The van der Waals surface area contributed by atoms with Crippen LogP contribution in [0.15, 0.2) is 42.5 Å². The zero-order chi connectivity index (χ0) is 19.2. The molecule has 2 aromatic carbocycles. The molecular formula is C20H23ClFN3O2. The number of nitrogens with zero attached hydrogens (tertiary/aromatic N) is 1. The van der Waals surface area contributed by atoms with E-state index >= 15 is 0 Å². The molecule has 5 nitrogen and oxygen atoms in total. The fraction of sp³-hybridized carbons (Fsp3) is 0.350. The summed E-state index contributed by atoms with van der Waals surface area (Å²) in [4.78, 5) is 14.6. The van der Waals surface area contributed by atoms with Crippen LogP contribution in [-0.2, 0) is 0 Å². The number of ether oxygens (including phenoxy) is 1. The highest BCUT2D eigenvalue weighted by Gasteiger charge is 2.26. The molecule has 144 valence electrons. The topological polar surface area (TPSA) is 53.6 Å². The van der Waals surface area contributed by atoms with Crippen molar-refractivity contribution in [3.05, 3.63) is 58.9 Å². The van der Waals surface area contributed by atoms with E-state index in [4.69, 9.17) is 16.3 Å². The molecule has 7 heteroatoms. The van der Waals surface area contributed by atoms with E-state index in [0.29, 0.717) is 6.54 Å². The van der Waals surface area contributed by atoms with E-state index in [-0.39, 0.29) is 16.8 Å². The van der Waals surface area contributed by atoms with Gasteiger partial charge in [-0.15, -0.1) is 0 Å². The van der Waals surface area contributed by atoms with Crippen LogP contribution in [0, 0.1) is 5.82 Å². The number of hydrogen-bond donors (Lipinski definition) is 2. The van der Waals surface area contributed by atoms with Crippen molar-refractivity contribution < 1.29 is 13.9 Å². The molecule has 1 heterocycles. The van der Waals surface area contributed by atoms with Gasteiger partial charge < -0.3 is 15.4 Å². The number of hydrogen-bond acceptors (Lipinski definition) is 3. The highest BCUT2D eigenvalue weighted by molar-refractivity contribution is 6.31. The Bertz CT molecular complexity index is 797. The van der Waals surface area contributed by atoms with Crippen molar-refractivity contribution in [2.75, 3.05) is 32.1 Å². The molecule has 2 N–H and O–H groups in total. The van der Waals surface area contributed by atoms with Crippen LogP contribution in [0.3, 0.4) is 0 Å². The van der Waals surface area contributed by atoms with Crippen molar-refractivity contribution in [2.24, 2.45) is 0 Å². The van der Waals surface area contributed by atoms with Crippen LogP contribution >= 0.6 is 11.6 Å². The number of benzene rings is 2. The number of likely N-dealkylation sites (tertiary alicyclic amines) is 1. The molecule has 0 bridgehead atoms. The SMILES string of the molecule is COc1ccccc1C(CNC(=O)Nc1cccc(Cl)c1F)N1CCCC1. The van der Waals surface area contributed by atoms with E-state index in [1.807, 2.05) is 24.3 Å². The molecule has 0 aromatic heterocycles. The number of para-hydroxylation sites is 1. The minimum absolute atomic E-state index is 0.0152. The third-order valence-corrected chi connectivity index (χ3v) is 5.03. The van der Waals surface area contributed by atoms with Crippen LogP contribution in [0.1, 0.15) is 24.4 Å². The molecule has 3 rings (SSSR count). The Morgan fingerprint density at radius 2 is 1.96 bits per heavy atom. The Hall–Kier alpha value is -2.31. The lowest BCUT2D eigenvalue weighted by Crippen LogP contribution is -2.38. The first-order valence-corrected chi connectivity index (χ1v) is 9.33. The molecule has 1 aliphatic heterocycles. The lowest BCUT2D eigenvalue weighted by Gasteiger charge is -2.29. The molecule has 2 amide bonds. The van der Waals surface area contributed by atoms with E-state index in [1.54, 1.807) is 13.2 Å². The van der Waals surface area contributed by atoms with Gasteiger partial charge in [-0.25, -0.2) is 9.18 Å². The molecule has 1 aliphatic rings. The van der Waals surface area contributed by atoms with E-state index in [1.165, 1.54) is 12.1 Å². The first-order valence-electron chi connectivity index (χ1n) is 8.96. The van der Waals surface area contributed by atoms with Crippen LogP contribution in [0.25, 0.3) is 0 Å². The summed E-state index contributed by atoms with van der Waals surface area (Å²) in [5, 5.41) is 5.33. The molecule has 1 fully saturated rings. The summed E-state index contributed by atoms with van der Waals surface area (Å²) in [5.41, 5.74) is 1.08. The quantitative estimate of drug-likeness (QED) is 0.765. The summed E-state index contributed by atoms with van der Waals surface area (Å²) >= 11 is 5.76. The molecule has 1 atom stereocenters. The minimum atomic E-state index is -0.643. The first-order chi connectivity index (χ1) is 13.1. The monoisotopic (exact) mass is 391 g/mol. The Kier molecular flexibility index (Phi) is 6.53. The van der Waals surface area contributed by atoms with Gasteiger partial charge in [-0.3, -0.25) is 4.90 Å². The summed E-state index contributed by atoms with van der Waals surface area (Å²) in [6, 6.07) is 11.8. The maximum Gasteiger partial charge on any atom is 0.319 e. The van der Waals surface area contributed by atoms with Crippen LogP contribution in [0.5, 0.6) is 5.75 Å².